The summed E-state index contributed by atoms with van der Waals surface area (Å²) in [6.45, 7) is 0.949. The van der Waals surface area contributed by atoms with Crippen molar-refractivity contribution in [1.29, 1.82) is 0 Å². The molecule has 7 heteroatoms. The lowest BCUT2D eigenvalue weighted by Crippen LogP contribution is -2.42. The maximum absolute atomic E-state index is 11.8. The molecule has 6 nitrogen and oxygen atoms in total. The first-order chi connectivity index (χ1) is 10.5. The molecule has 0 spiro atoms. The van der Waals surface area contributed by atoms with Crippen LogP contribution in [0.3, 0.4) is 0 Å². The molecule has 3 rings (SSSR count). The van der Waals surface area contributed by atoms with Crippen LogP contribution in [0.15, 0.2) is 47.3 Å². The zero-order chi connectivity index (χ0) is 15.6. The smallest absolute Gasteiger partial charge is 0.154 e. The SMILES string of the molecule is O=S1(=O)CC(O)C(N(Cc2cccnc2)Cc2ccco2)C1. The molecule has 2 atom stereocenters. The molecule has 0 radical (unpaired) electrons. The molecule has 0 saturated carbocycles. The molecule has 0 amide bonds. The van der Waals surface area contributed by atoms with Gasteiger partial charge in [-0.1, -0.05) is 6.07 Å². The Labute approximate surface area is 129 Å². The van der Waals surface area contributed by atoms with Crippen LogP contribution >= 0.6 is 0 Å². The topological polar surface area (TPSA) is 83.6 Å². The van der Waals surface area contributed by atoms with Crippen molar-refractivity contribution in [2.75, 3.05) is 11.5 Å². The molecule has 2 unspecified atom stereocenters. The van der Waals surface area contributed by atoms with E-state index in [9.17, 15) is 13.5 Å². The average Bonchev–Trinajstić information content (AvgIpc) is 3.06. The van der Waals surface area contributed by atoms with E-state index in [-0.39, 0.29) is 11.5 Å². The summed E-state index contributed by atoms with van der Waals surface area (Å²) in [4.78, 5) is 6.01. The van der Waals surface area contributed by atoms with Gasteiger partial charge in [0, 0.05) is 18.9 Å². The van der Waals surface area contributed by atoms with Crippen molar-refractivity contribution in [3.05, 3.63) is 54.2 Å². The van der Waals surface area contributed by atoms with Crippen LogP contribution in [-0.4, -0.2) is 47.1 Å². The predicted molar refractivity (Wildman–Crippen MR) is 80.6 cm³/mol. The molecule has 1 saturated heterocycles. The van der Waals surface area contributed by atoms with Crippen LogP contribution in [0.5, 0.6) is 0 Å². The van der Waals surface area contributed by atoms with Crippen molar-refractivity contribution < 1.29 is 17.9 Å². The average molecular weight is 322 g/mol. The van der Waals surface area contributed by atoms with Gasteiger partial charge in [0.15, 0.2) is 9.84 Å². The van der Waals surface area contributed by atoms with Gasteiger partial charge in [-0.25, -0.2) is 8.42 Å². The van der Waals surface area contributed by atoms with Crippen LogP contribution in [0, 0.1) is 0 Å². The van der Waals surface area contributed by atoms with Gasteiger partial charge < -0.3 is 9.52 Å². The van der Waals surface area contributed by atoms with Crippen LogP contribution in [-0.2, 0) is 22.9 Å². The highest BCUT2D eigenvalue weighted by atomic mass is 32.2. The summed E-state index contributed by atoms with van der Waals surface area (Å²) in [5.74, 6) is 0.523. The van der Waals surface area contributed by atoms with E-state index in [2.05, 4.69) is 4.98 Å². The standard InChI is InChI=1S/C15H18N2O4S/c18-15-11-22(19,20)10-14(15)17(9-13-4-2-6-21-13)8-12-3-1-5-16-7-12/h1-7,14-15,18H,8-11H2. The molecule has 3 heterocycles. The summed E-state index contributed by atoms with van der Waals surface area (Å²) in [5, 5.41) is 10.1. The summed E-state index contributed by atoms with van der Waals surface area (Å²) in [7, 11) is -3.20. The molecular weight excluding hydrogens is 304 g/mol. The molecule has 22 heavy (non-hydrogen) atoms. The van der Waals surface area contributed by atoms with Gasteiger partial charge in [-0.05, 0) is 23.8 Å². The highest BCUT2D eigenvalue weighted by molar-refractivity contribution is 7.91. The van der Waals surface area contributed by atoms with E-state index in [1.54, 1.807) is 24.7 Å². The van der Waals surface area contributed by atoms with Crippen molar-refractivity contribution in [2.45, 2.75) is 25.2 Å². The second-order valence-corrected chi connectivity index (χ2v) is 7.71. The first-order valence-electron chi connectivity index (χ1n) is 7.07. The van der Waals surface area contributed by atoms with E-state index in [0.29, 0.717) is 13.1 Å². The van der Waals surface area contributed by atoms with Crippen molar-refractivity contribution in [3.63, 3.8) is 0 Å². The Bertz CT molecular complexity index is 700. The summed E-state index contributed by atoms with van der Waals surface area (Å²) in [5.41, 5.74) is 0.963. The predicted octanol–water partition coefficient (Wildman–Crippen LogP) is 0.835. The Morgan fingerprint density at radius 1 is 1.27 bits per heavy atom. The minimum Gasteiger partial charge on any atom is -0.468 e. The normalized spacial score (nSPS) is 23.9. The zero-order valence-corrected chi connectivity index (χ0v) is 12.8. The largest absolute Gasteiger partial charge is 0.468 e. The van der Waals surface area contributed by atoms with Crippen molar-refractivity contribution >= 4 is 9.84 Å². The number of sulfone groups is 1. The molecule has 0 aromatic carbocycles. The van der Waals surface area contributed by atoms with Crippen molar-refractivity contribution in [3.8, 4) is 0 Å². The lowest BCUT2D eigenvalue weighted by molar-refractivity contribution is 0.0685. The third kappa shape index (κ3) is 3.55. The maximum Gasteiger partial charge on any atom is 0.154 e. The molecule has 0 bridgehead atoms. The van der Waals surface area contributed by atoms with E-state index < -0.39 is 22.0 Å². The van der Waals surface area contributed by atoms with E-state index >= 15 is 0 Å². The molecule has 0 aliphatic carbocycles. The van der Waals surface area contributed by atoms with Crippen LogP contribution in [0.2, 0.25) is 0 Å². The quantitative estimate of drug-likeness (QED) is 0.878. The van der Waals surface area contributed by atoms with Gasteiger partial charge in [0.1, 0.15) is 5.76 Å². The Balaban J connectivity index is 1.82. The van der Waals surface area contributed by atoms with Crippen LogP contribution in [0.25, 0.3) is 0 Å². The number of aliphatic hydroxyl groups is 1. The van der Waals surface area contributed by atoms with Gasteiger partial charge in [-0.3, -0.25) is 9.88 Å². The maximum atomic E-state index is 11.8. The van der Waals surface area contributed by atoms with Gasteiger partial charge >= 0.3 is 0 Å². The third-order valence-electron chi connectivity index (χ3n) is 3.81. The van der Waals surface area contributed by atoms with E-state index in [0.717, 1.165) is 11.3 Å². The Kier molecular flexibility index (Phi) is 4.28. The molecule has 118 valence electrons. The summed E-state index contributed by atoms with van der Waals surface area (Å²) in [6, 6.07) is 6.96. The number of rotatable bonds is 5. The van der Waals surface area contributed by atoms with Gasteiger partial charge in [0.05, 0.1) is 36.5 Å². The van der Waals surface area contributed by atoms with Gasteiger partial charge in [0.2, 0.25) is 0 Å². The lowest BCUT2D eigenvalue weighted by atomic mass is 10.1. The number of aliphatic hydroxyl groups excluding tert-OH is 1. The first-order valence-corrected chi connectivity index (χ1v) is 8.89. The molecule has 2 aromatic heterocycles. The van der Waals surface area contributed by atoms with Gasteiger partial charge in [-0.2, -0.15) is 0 Å². The van der Waals surface area contributed by atoms with Crippen LogP contribution in [0.4, 0.5) is 0 Å². The minimum absolute atomic E-state index is 0.0326. The molecule has 1 N–H and O–H groups in total. The van der Waals surface area contributed by atoms with Crippen molar-refractivity contribution in [1.82, 2.24) is 9.88 Å². The van der Waals surface area contributed by atoms with Gasteiger partial charge in [0.25, 0.3) is 0 Å². The molecule has 1 aliphatic rings. The minimum atomic E-state index is -3.20. The summed E-state index contributed by atoms with van der Waals surface area (Å²) < 4.78 is 28.9. The number of nitrogens with zero attached hydrogens (tertiary/aromatic N) is 2. The Morgan fingerprint density at radius 3 is 2.73 bits per heavy atom. The van der Waals surface area contributed by atoms with Crippen molar-refractivity contribution in [2.24, 2.45) is 0 Å². The molecular formula is C15H18N2O4S. The van der Waals surface area contributed by atoms with Crippen LogP contribution < -0.4 is 0 Å². The number of pyridine rings is 1. The zero-order valence-electron chi connectivity index (χ0n) is 12.0. The lowest BCUT2D eigenvalue weighted by Gasteiger charge is -2.29. The monoisotopic (exact) mass is 322 g/mol. The Hall–Kier alpha value is -1.70. The van der Waals surface area contributed by atoms with E-state index in [1.807, 2.05) is 23.1 Å². The number of aromatic nitrogens is 1. The van der Waals surface area contributed by atoms with Gasteiger partial charge in [-0.15, -0.1) is 0 Å². The summed E-state index contributed by atoms with van der Waals surface area (Å²) >= 11 is 0. The van der Waals surface area contributed by atoms with Crippen LogP contribution in [0.1, 0.15) is 11.3 Å². The summed E-state index contributed by atoms with van der Waals surface area (Å²) in [6.07, 6.45) is 4.14. The highest BCUT2D eigenvalue weighted by Gasteiger charge is 2.40. The van der Waals surface area contributed by atoms with E-state index in [4.69, 9.17) is 4.42 Å². The van der Waals surface area contributed by atoms with E-state index in [1.165, 1.54) is 0 Å². The third-order valence-corrected chi connectivity index (χ3v) is 5.51. The first kappa shape index (κ1) is 15.2. The number of hydrogen-bond donors (Lipinski definition) is 1. The Morgan fingerprint density at radius 2 is 2.14 bits per heavy atom. The second-order valence-electron chi connectivity index (χ2n) is 5.56. The molecule has 1 aliphatic heterocycles. The number of hydrogen-bond acceptors (Lipinski definition) is 6. The highest BCUT2D eigenvalue weighted by Crippen LogP contribution is 2.22. The molecule has 2 aromatic rings. The fourth-order valence-electron chi connectivity index (χ4n) is 2.78. The fourth-order valence-corrected chi connectivity index (χ4v) is 4.61. The fraction of sp³-hybridized carbons (Fsp3) is 0.400. The molecule has 1 fully saturated rings. The second kappa shape index (κ2) is 6.20. The number of furan rings is 1.